The van der Waals surface area contributed by atoms with Crippen molar-refractivity contribution >= 4 is 5.76 Å². The molecule has 2 heterocycles. The SMILES string of the molecule is CCOc1ccc(C2=C(CN3CCOCC3)[C@H](c3ccc(F)cc3)c3ccccc3O2)cc1. The predicted octanol–water partition coefficient (Wildman–Crippen LogP) is 5.49. The van der Waals surface area contributed by atoms with Gasteiger partial charge in [0, 0.05) is 36.7 Å². The highest BCUT2D eigenvalue weighted by atomic mass is 19.1. The monoisotopic (exact) mass is 445 g/mol. The molecule has 4 nitrogen and oxygen atoms in total. The second-order valence-corrected chi connectivity index (χ2v) is 8.32. The van der Waals surface area contributed by atoms with Gasteiger partial charge in [-0.25, -0.2) is 4.39 Å². The summed E-state index contributed by atoms with van der Waals surface area (Å²) in [6, 6.07) is 23.1. The van der Waals surface area contributed by atoms with E-state index in [9.17, 15) is 4.39 Å². The molecule has 3 aromatic rings. The molecule has 0 bridgehead atoms. The lowest BCUT2D eigenvalue weighted by atomic mass is 9.81. The maximum atomic E-state index is 13.8. The summed E-state index contributed by atoms with van der Waals surface area (Å²) in [5.41, 5.74) is 4.33. The molecular formula is C28H28FNO3. The number of fused-ring (bicyclic) bond motifs is 1. The Morgan fingerprint density at radius 1 is 0.939 bits per heavy atom. The van der Waals surface area contributed by atoms with E-state index in [-0.39, 0.29) is 11.7 Å². The van der Waals surface area contributed by atoms with Crippen LogP contribution in [0.15, 0.2) is 78.4 Å². The van der Waals surface area contributed by atoms with Crippen LogP contribution in [0.2, 0.25) is 0 Å². The number of rotatable bonds is 6. The van der Waals surface area contributed by atoms with Crippen molar-refractivity contribution in [2.45, 2.75) is 12.8 Å². The first kappa shape index (κ1) is 21.7. The smallest absolute Gasteiger partial charge is 0.136 e. The molecule has 0 saturated carbocycles. The topological polar surface area (TPSA) is 30.9 Å². The summed E-state index contributed by atoms with van der Waals surface area (Å²) >= 11 is 0. The van der Waals surface area contributed by atoms with Crippen LogP contribution in [-0.4, -0.2) is 44.4 Å². The van der Waals surface area contributed by atoms with Crippen LogP contribution in [0.3, 0.4) is 0 Å². The average Bonchev–Trinajstić information content (AvgIpc) is 2.86. The van der Waals surface area contributed by atoms with E-state index in [2.05, 4.69) is 23.1 Å². The number of ether oxygens (including phenoxy) is 3. The molecule has 0 N–H and O–H groups in total. The van der Waals surface area contributed by atoms with Gasteiger partial charge in [0.2, 0.25) is 0 Å². The van der Waals surface area contributed by atoms with E-state index in [1.165, 1.54) is 17.7 Å². The number of hydrogen-bond acceptors (Lipinski definition) is 4. The normalized spacial score (nSPS) is 18.5. The van der Waals surface area contributed by atoms with E-state index in [1.807, 2.05) is 49.4 Å². The largest absolute Gasteiger partial charge is 0.494 e. The van der Waals surface area contributed by atoms with Crippen LogP contribution >= 0.6 is 0 Å². The number of hydrogen-bond donors (Lipinski definition) is 0. The molecule has 33 heavy (non-hydrogen) atoms. The standard InChI is InChI=1S/C28H28FNO3/c1-2-32-23-13-9-21(10-14-23)28-25(19-30-15-17-31-18-16-30)27(20-7-11-22(29)12-8-20)24-5-3-4-6-26(24)33-28/h3-14,27H,2,15-19H2,1H3/t27-/m1/s1. The minimum absolute atomic E-state index is 0.0278. The fraction of sp³-hybridized carbons (Fsp3) is 0.286. The Kier molecular flexibility index (Phi) is 6.42. The summed E-state index contributed by atoms with van der Waals surface area (Å²) in [4.78, 5) is 2.40. The molecule has 5 heteroatoms. The van der Waals surface area contributed by atoms with E-state index in [0.29, 0.717) is 6.61 Å². The molecule has 5 rings (SSSR count). The van der Waals surface area contributed by atoms with Gasteiger partial charge in [-0.3, -0.25) is 4.90 Å². The molecule has 2 aliphatic heterocycles. The summed E-state index contributed by atoms with van der Waals surface area (Å²) in [6.45, 7) is 6.55. The Hall–Kier alpha value is -3.15. The van der Waals surface area contributed by atoms with E-state index in [0.717, 1.165) is 66.8 Å². The van der Waals surface area contributed by atoms with E-state index < -0.39 is 0 Å². The van der Waals surface area contributed by atoms with Gasteiger partial charge in [-0.1, -0.05) is 30.3 Å². The van der Waals surface area contributed by atoms with E-state index in [4.69, 9.17) is 14.2 Å². The van der Waals surface area contributed by atoms with Crippen LogP contribution in [0.5, 0.6) is 11.5 Å². The van der Waals surface area contributed by atoms with Crippen molar-refractivity contribution in [1.29, 1.82) is 0 Å². The highest BCUT2D eigenvalue weighted by Crippen LogP contribution is 2.46. The number of morpholine rings is 1. The molecule has 1 atom stereocenters. The third-order valence-corrected chi connectivity index (χ3v) is 6.21. The molecule has 1 saturated heterocycles. The number of nitrogens with zero attached hydrogens (tertiary/aromatic N) is 1. The Balaban J connectivity index is 1.64. The molecule has 0 aromatic heterocycles. The molecular weight excluding hydrogens is 417 g/mol. The first-order valence-electron chi connectivity index (χ1n) is 11.5. The second-order valence-electron chi connectivity index (χ2n) is 8.32. The van der Waals surface area contributed by atoms with Gasteiger partial charge in [0.1, 0.15) is 23.1 Å². The van der Waals surface area contributed by atoms with Gasteiger partial charge >= 0.3 is 0 Å². The summed E-state index contributed by atoms with van der Waals surface area (Å²) in [5, 5.41) is 0. The third kappa shape index (κ3) is 4.65. The number of benzene rings is 3. The maximum absolute atomic E-state index is 13.8. The fourth-order valence-electron chi connectivity index (χ4n) is 4.62. The lowest BCUT2D eigenvalue weighted by Gasteiger charge is -2.35. The Morgan fingerprint density at radius 2 is 1.67 bits per heavy atom. The summed E-state index contributed by atoms with van der Waals surface area (Å²) < 4.78 is 31.6. The van der Waals surface area contributed by atoms with Gasteiger partial charge in [0.15, 0.2) is 0 Å². The van der Waals surface area contributed by atoms with E-state index >= 15 is 0 Å². The zero-order valence-electron chi connectivity index (χ0n) is 18.8. The Morgan fingerprint density at radius 3 is 2.39 bits per heavy atom. The quantitative estimate of drug-likeness (QED) is 0.502. The van der Waals surface area contributed by atoms with Gasteiger partial charge in [-0.2, -0.15) is 0 Å². The van der Waals surface area contributed by atoms with Crippen molar-refractivity contribution in [3.05, 3.63) is 101 Å². The molecule has 1 fully saturated rings. The van der Waals surface area contributed by atoms with Crippen LogP contribution in [0.1, 0.15) is 29.5 Å². The lowest BCUT2D eigenvalue weighted by molar-refractivity contribution is 0.0416. The van der Waals surface area contributed by atoms with Gasteiger partial charge in [0.25, 0.3) is 0 Å². The van der Waals surface area contributed by atoms with Crippen molar-refractivity contribution in [1.82, 2.24) is 4.90 Å². The average molecular weight is 446 g/mol. The molecule has 0 amide bonds. The predicted molar refractivity (Wildman–Crippen MR) is 127 cm³/mol. The maximum Gasteiger partial charge on any atom is 0.136 e. The van der Waals surface area contributed by atoms with Crippen molar-refractivity contribution in [2.24, 2.45) is 0 Å². The van der Waals surface area contributed by atoms with Crippen LogP contribution in [0.4, 0.5) is 4.39 Å². The van der Waals surface area contributed by atoms with Crippen molar-refractivity contribution in [2.75, 3.05) is 39.5 Å². The minimum Gasteiger partial charge on any atom is -0.494 e. The Bertz CT molecular complexity index is 1120. The number of halogens is 1. The molecule has 0 spiro atoms. The summed E-state index contributed by atoms with van der Waals surface area (Å²) in [6.07, 6.45) is 0. The van der Waals surface area contributed by atoms with Crippen LogP contribution in [0.25, 0.3) is 5.76 Å². The van der Waals surface area contributed by atoms with Gasteiger partial charge < -0.3 is 14.2 Å². The molecule has 2 aliphatic rings. The van der Waals surface area contributed by atoms with E-state index in [1.54, 1.807) is 0 Å². The first-order valence-corrected chi connectivity index (χ1v) is 11.5. The minimum atomic E-state index is -0.232. The molecule has 0 aliphatic carbocycles. The number of para-hydroxylation sites is 1. The molecule has 3 aromatic carbocycles. The zero-order chi connectivity index (χ0) is 22.6. The second kappa shape index (κ2) is 9.77. The van der Waals surface area contributed by atoms with Crippen LogP contribution in [0, 0.1) is 5.82 Å². The lowest BCUT2D eigenvalue weighted by Crippen LogP contribution is -2.39. The van der Waals surface area contributed by atoms with Crippen LogP contribution < -0.4 is 9.47 Å². The summed E-state index contributed by atoms with van der Waals surface area (Å²) in [7, 11) is 0. The highest BCUT2D eigenvalue weighted by Gasteiger charge is 2.33. The fourth-order valence-corrected chi connectivity index (χ4v) is 4.62. The molecule has 0 unspecified atom stereocenters. The van der Waals surface area contributed by atoms with Crippen LogP contribution in [-0.2, 0) is 4.74 Å². The van der Waals surface area contributed by atoms with Crippen molar-refractivity contribution in [3.63, 3.8) is 0 Å². The third-order valence-electron chi connectivity index (χ3n) is 6.21. The first-order chi connectivity index (χ1) is 16.2. The zero-order valence-corrected chi connectivity index (χ0v) is 18.8. The van der Waals surface area contributed by atoms with Gasteiger partial charge in [-0.05, 0) is 60.5 Å². The van der Waals surface area contributed by atoms with Gasteiger partial charge in [-0.15, -0.1) is 0 Å². The molecule has 0 radical (unpaired) electrons. The van der Waals surface area contributed by atoms with Crippen molar-refractivity contribution in [3.8, 4) is 11.5 Å². The Labute approximate surface area is 194 Å². The van der Waals surface area contributed by atoms with Gasteiger partial charge in [0.05, 0.1) is 19.8 Å². The highest BCUT2D eigenvalue weighted by molar-refractivity contribution is 5.73. The summed E-state index contributed by atoms with van der Waals surface area (Å²) in [5.74, 6) is 2.27. The van der Waals surface area contributed by atoms with Crippen molar-refractivity contribution < 1.29 is 18.6 Å². The molecule has 170 valence electrons.